The van der Waals surface area contributed by atoms with Crippen LogP contribution in [-0.2, 0) is 24.7 Å². The molecule has 0 amide bonds. The topological polar surface area (TPSA) is 89.4 Å². The Bertz CT molecular complexity index is 1390. The number of anilines is 2. The first-order chi connectivity index (χ1) is 19.9. The number of hydrogen-bond acceptors (Lipinski definition) is 6. The minimum atomic E-state index is -0.715. The van der Waals surface area contributed by atoms with Crippen molar-refractivity contribution in [1.29, 1.82) is 5.26 Å². The van der Waals surface area contributed by atoms with Crippen molar-refractivity contribution >= 4 is 11.4 Å². The number of aliphatic hydroxyl groups excluding tert-OH is 1. The molecule has 1 aromatic heterocycles. The first-order valence-electron chi connectivity index (χ1n) is 16.0. The fraction of sp³-hybridized carbons (Fsp3) is 0.647. The van der Waals surface area contributed by atoms with Gasteiger partial charge in [0.2, 0.25) is 0 Å². The van der Waals surface area contributed by atoms with Gasteiger partial charge >= 0.3 is 0 Å². The van der Waals surface area contributed by atoms with Gasteiger partial charge in [-0.05, 0) is 118 Å². The molecule has 41 heavy (non-hydrogen) atoms. The zero-order chi connectivity index (χ0) is 28.4. The summed E-state index contributed by atoms with van der Waals surface area (Å²) in [5.41, 5.74) is 14.8. The van der Waals surface area contributed by atoms with Crippen LogP contribution in [0.5, 0.6) is 0 Å². The van der Waals surface area contributed by atoms with Crippen LogP contribution in [0.25, 0.3) is 0 Å². The van der Waals surface area contributed by atoms with Crippen LogP contribution < -0.4 is 10.6 Å². The molecule has 1 aromatic carbocycles. The second kappa shape index (κ2) is 10.2. The molecule has 2 aromatic rings. The van der Waals surface area contributed by atoms with Gasteiger partial charge < -0.3 is 15.7 Å². The molecule has 0 saturated carbocycles. The van der Waals surface area contributed by atoms with E-state index in [2.05, 4.69) is 34.9 Å². The fourth-order valence-electron chi connectivity index (χ4n) is 9.49. The van der Waals surface area contributed by atoms with E-state index in [4.69, 9.17) is 10.7 Å². The average Bonchev–Trinajstić information content (AvgIpc) is 3.67. The van der Waals surface area contributed by atoms with E-state index in [1.165, 1.54) is 22.4 Å². The summed E-state index contributed by atoms with van der Waals surface area (Å²) in [6, 6.07) is 9.00. The maximum atomic E-state index is 14.5. The lowest BCUT2D eigenvalue weighted by molar-refractivity contribution is 0.182. The summed E-state index contributed by atoms with van der Waals surface area (Å²) in [6.45, 7) is 5.00. The second-order valence-corrected chi connectivity index (χ2v) is 13.8. The molecule has 7 rings (SSSR count). The number of aromatic nitrogens is 1. The van der Waals surface area contributed by atoms with Crippen LogP contribution in [0.3, 0.4) is 0 Å². The highest BCUT2D eigenvalue weighted by Gasteiger charge is 2.48. The van der Waals surface area contributed by atoms with E-state index >= 15 is 0 Å². The van der Waals surface area contributed by atoms with E-state index in [1.807, 2.05) is 6.07 Å². The number of benzene rings is 1. The quantitative estimate of drug-likeness (QED) is 0.483. The van der Waals surface area contributed by atoms with Gasteiger partial charge in [0.25, 0.3) is 0 Å². The Kier molecular flexibility index (Phi) is 6.78. The monoisotopic (exact) mass is 557 g/mol. The number of nitrogen functional groups attached to an aromatic ring is 1. The molecule has 5 aliphatic rings. The van der Waals surface area contributed by atoms with Gasteiger partial charge in [-0.1, -0.05) is 13.0 Å². The van der Waals surface area contributed by atoms with Crippen molar-refractivity contribution in [2.45, 2.75) is 113 Å². The second-order valence-electron chi connectivity index (χ2n) is 13.8. The summed E-state index contributed by atoms with van der Waals surface area (Å²) in [6.07, 6.45) is 10.9. The Hall–Kier alpha value is -2.69. The van der Waals surface area contributed by atoms with E-state index in [0.29, 0.717) is 30.1 Å². The third-order valence-corrected chi connectivity index (χ3v) is 11.6. The van der Waals surface area contributed by atoms with Gasteiger partial charge in [0.05, 0.1) is 18.2 Å². The molecule has 218 valence electrons. The number of aliphatic hydroxyl groups is 1. The van der Waals surface area contributed by atoms with E-state index in [1.54, 1.807) is 0 Å². The van der Waals surface area contributed by atoms with Crippen LogP contribution in [0.1, 0.15) is 104 Å². The van der Waals surface area contributed by atoms with Crippen LogP contribution >= 0.6 is 0 Å². The zero-order valence-electron chi connectivity index (χ0n) is 24.5. The number of aryl methyl sites for hydroxylation is 1. The van der Waals surface area contributed by atoms with Gasteiger partial charge in [0, 0.05) is 46.8 Å². The minimum Gasteiger partial charge on any atom is -0.398 e. The molecule has 7 heteroatoms. The number of alkyl halides is 1. The van der Waals surface area contributed by atoms with Gasteiger partial charge in [-0.25, -0.2) is 4.39 Å². The molecule has 0 radical (unpaired) electrons. The summed E-state index contributed by atoms with van der Waals surface area (Å²) in [4.78, 5) is 10.2. The number of pyridine rings is 1. The third kappa shape index (κ3) is 4.36. The van der Waals surface area contributed by atoms with Gasteiger partial charge in [-0.2, -0.15) is 5.26 Å². The predicted octanol–water partition coefficient (Wildman–Crippen LogP) is 5.33. The van der Waals surface area contributed by atoms with E-state index in [-0.39, 0.29) is 23.6 Å². The largest absolute Gasteiger partial charge is 0.398 e. The Morgan fingerprint density at radius 3 is 2.90 bits per heavy atom. The van der Waals surface area contributed by atoms with Crippen LogP contribution in [0, 0.1) is 11.3 Å². The Morgan fingerprint density at radius 2 is 2.07 bits per heavy atom. The van der Waals surface area contributed by atoms with Crippen LogP contribution in [0.15, 0.2) is 18.2 Å². The van der Waals surface area contributed by atoms with Gasteiger partial charge in [-0.3, -0.25) is 9.88 Å². The van der Waals surface area contributed by atoms with E-state index in [9.17, 15) is 14.8 Å². The van der Waals surface area contributed by atoms with Crippen molar-refractivity contribution in [2.75, 3.05) is 36.9 Å². The van der Waals surface area contributed by atoms with E-state index in [0.717, 1.165) is 95.1 Å². The number of nitrogens with two attached hydrogens (primary N) is 1. The molecule has 3 aliphatic heterocycles. The predicted molar refractivity (Wildman–Crippen MR) is 160 cm³/mol. The molecule has 4 heterocycles. The molecule has 3 fully saturated rings. The summed E-state index contributed by atoms with van der Waals surface area (Å²) < 4.78 is 14.5. The zero-order valence-corrected chi connectivity index (χ0v) is 24.5. The fourth-order valence-corrected chi connectivity index (χ4v) is 9.49. The van der Waals surface area contributed by atoms with Gasteiger partial charge in [0.1, 0.15) is 12.2 Å². The third-order valence-electron chi connectivity index (χ3n) is 11.6. The first kappa shape index (κ1) is 27.2. The molecule has 5 atom stereocenters. The average molecular weight is 558 g/mol. The van der Waals surface area contributed by atoms with Crippen molar-refractivity contribution in [2.24, 2.45) is 0 Å². The Balaban J connectivity index is 1.29. The number of rotatable bonds is 5. The maximum absolute atomic E-state index is 14.5. The molecule has 5 unspecified atom stereocenters. The number of halogens is 1. The lowest BCUT2D eigenvalue weighted by Crippen LogP contribution is -2.41. The first-order valence-corrected chi connectivity index (χ1v) is 16.0. The van der Waals surface area contributed by atoms with E-state index < -0.39 is 6.17 Å². The maximum Gasteiger partial charge on any atom is 0.115 e. The van der Waals surface area contributed by atoms with Crippen molar-refractivity contribution < 1.29 is 9.50 Å². The lowest BCUT2D eigenvalue weighted by Gasteiger charge is -2.45. The van der Waals surface area contributed by atoms with Crippen molar-refractivity contribution in [3.8, 4) is 6.07 Å². The van der Waals surface area contributed by atoms with Gasteiger partial charge in [-0.15, -0.1) is 0 Å². The van der Waals surface area contributed by atoms with Crippen LogP contribution in [0.2, 0.25) is 0 Å². The number of hydrogen-bond donors (Lipinski definition) is 2. The lowest BCUT2D eigenvalue weighted by atomic mass is 9.59. The SMILES string of the molecule is CC1CCC2(CCc3c(N4CCCC4CO)cc(CCC45CCCN4CC(F)C5)nc3C2)c2c1ccc(N)c2C#N. The molecule has 2 aliphatic carbocycles. The number of nitriles is 1. The smallest absolute Gasteiger partial charge is 0.115 e. The Labute approximate surface area is 243 Å². The minimum absolute atomic E-state index is 0.0165. The van der Waals surface area contributed by atoms with Crippen LogP contribution in [0.4, 0.5) is 15.8 Å². The van der Waals surface area contributed by atoms with Crippen molar-refractivity contribution in [3.05, 3.63) is 51.8 Å². The number of fused-ring (bicyclic) bond motifs is 4. The molecule has 3 N–H and O–H groups in total. The van der Waals surface area contributed by atoms with Crippen LogP contribution in [-0.4, -0.2) is 59.0 Å². The summed E-state index contributed by atoms with van der Waals surface area (Å²) in [5.74, 6) is 0.411. The summed E-state index contributed by atoms with van der Waals surface area (Å²) in [7, 11) is 0. The number of nitrogens with zero attached hydrogens (tertiary/aromatic N) is 4. The molecule has 1 spiro atoms. The summed E-state index contributed by atoms with van der Waals surface area (Å²) >= 11 is 0. The normalized spacial score (nSPS) is 32.6. The highest BCUT2D eigenvalue weighted by molar-refractivity contribution is 5.65. The molecule has 3 saturated heterocycles. The highest BCUT2D eigenvalue weighted by atomic mass is 19.1. The van der Waals surface area contributed by atoms with Gasteiger partial charge in [0.15, 0.2) is 0 Å². The van der Waals surface area contributed by atoms with Crippen molar-refractivity contribution in [1.82, 2.24) is 9.88 Å². The summed E-state index contributed by atoms with van der Waals surface area (Å²) in [5, 5.41) is 20.4. The molecular formula is C34H44FN5O. The van der Waals surface area contributed by atoms with Crippen molar-refractivity contribution in [3.63, 3.8) is 0 Å². The highest BCUT2D eigenvalue weighted by Crippen LogP contribution is 2.53. The Morgan fingerprint density at radius 1 is 1.20 bits per heavy atom. The molecule has 6 nitrogen and oxygen atoms in total. The molecule has 0 bridgehead atoms. The molecular weight excluding hydrogens is 513 g/mol. The standard InChI is InChI=1S/C34H44FN5O/c1-22-7-11-33(32-26(22)5-6-29(37)28(32)19-36)12-9-27-30(18-33)38-24(16-31(27)40-15-2-4-25(40)21-41)8-13-34-10-3-14-39(34)20-23(35)17-34/h5-6,16,22-23,25,41H,2-4,7-15,17-18,20-21,37H2,1H3.